The average molecular weight is 607 g/mol. The molecular weight excluding hydrogens is 564 g/mol. The summed E-state index contributed by atoms with van der Waals surface area (Å²) in [6.07, 6.45) is 1.42. The van der Waals surface area contributed by atoms with Gasteiger partial charge in [-0.15, -0.1) is 0 Å². The quantitative estimate of drug-likeness (QED) is 0.266. The number of piperidine rings is 1. The highest BCUT2D eigenvalue weighted by Gasteiger charge is 2.41. The van der Waals surface area contributed by atoms with Crippen LogP contribution in [0.25, 0.3) is 5.70 Å². The first-order chi connectivity index (χ1) is 21.0. The number of halogens is 4. The summed E-state index contributed by atoms with van der Waals surface area (Å²) in [5, 5.41) is 2.99. The summed E-state index contributed by atoms with van der Waals surface area (Å²) in [5.41, 5.74) is 2.80. The zero-order valence-corrected chi connectivity index (χ0v) is 25.9. The molecule has 3 heterocycles. The number of nitrogens with one attached hydrogen (secondary N) is 1. The van der Waals surface area contributed by atoms with Gasteiger partial charge in [-0.25, -0.2) is 4.39 Å². The molecule has 3 aliphatic rings. The molecule has 0 bridgehead atoms. The van der Waals surface area contributed by atoms with E-state index in [0.29, 0.717) is 29.9 Å². The fourth-order valence-corrected chi connectivity index (χ4v) is 6.57. The molecule has 8 heteroatoms. The van der Waals surface area contributed by atoms with Gasteiger partial charge in [0.1, 0.15) is 5.83 Å². The summed E-state index contributed by atoms with van der Waals surface area (Å²) >= 11 is 0. The molecule has 2 aromatic carbocycles. The summed E-state index contributed by atoms with van der Waals surface area (Å²) < 4.78 is 58.5. The van der Waals surface area contributed by atoms with Crippen molar-refractivity contribution in [2.45, 2.75) is 78.2 Å². The molecule has 0 aromatic heterocycles. The fourth-order valence-electron chi connectivity index (χ4n) is 6.57. The number of alkyl halides is 3. The second kappa shape index (κ2) is 13.6. The van der Waals surface area contributed by atoms with Gasteiger partial charge >= 0.3 is 6.18 Å². The molecule has 2 aromatic rings. The number of benzene rings is 2. The Labute approximate surface area is 258 Å². The number of aliphatic imine (C=N–C) groups is 1. The van der Waals surface area contributed by atoms with Crippen LogP contribution in [-0.2, 0) is 19.3 Å². The summed E-state index contributed by atoms with van der Waals surface area (Å²) in [4.78, 5) is 8.49. The van der Waals surface area contributed by atoms with Crippen LogP contribution in [0.4, 0.5) is 17.6 Å². The van der Waals surface area contributed by atoms with Crippen LogP contribution in [0.3, 0.4) is 0 Å². The molecule has 1 saturated heterocycles. The van der Waals surface area contributed by atoms with E-state index in [0.717, 1.165) is 37.2 Å². The van der Waals surface area contributed by atoms with Crippen molar-refractivity contribution >= 4 is 12.0 Å². The van der Waals surface area contributed by atoms with Crippen LogP contribution in [0.15, 0.2) is 59.5 Å². The van der Waals surface area contributed by atoms with Gasteiger partial charge in [0.15, 0.2) is 0 Å². The monoisotopic (exact) mass is 606 g/mol. The van der Waals surface area contributed by atoms with Gasteiger partial charge in [0.05, 0.1) is 23.6 Å². The highest BCUT2D eigenvalue weighted by atomic mass is 19.4. The molecule has 1 fully saturated rings. The third kappa shape index (κ3) is 7.21. The van der Waals surface area contributed by atoms with Gasteiger partial charge in [0.2, 0.25) is 0 Å². The molecule has 3 aliphatic heterocycles. The minimum atomic E-state index is -4.58. The maximum atomic E-state index is 15.3. The van der Waals surface area contributed by atoms with E-state index in [1.54, 1.807) is 11.0 Å². The van der Waals surface area contributed by atoms with Crippen molar-refractivity contribution in [3.05, 3.63) is 87.9 Å². The molecular formula is C36H42F4N4. The number of allylic oxidation sites excluding steroid dienone is 1. The molecule has 0 aliphatic carbocycles. The van der Waals surface area contributed by atoms with Crippen molar-refractivity contribution in [3.63, 3.8) is 0 Å². The summed E-state index contributed by atoms with van der Waals surface area (Å²) in [5.74, 6) is 6.45. The van der Waals surface area contributed by atoms with Crippen molar-refractivity contribution in [1.29, 1.82) is 0 Å². The van der Waals surface area contributed by atoms with Crippen molar-refractivity contribution in [2.24, 2.45) is 16.8 Å². The Morgan fingerprint density at radius 2 is 1.77 bits per heavy atom. The molecule has 0 saturated carbocycles. The number of hydrogen-bond acceptors (Lipinski definition) is 4. The summed E-state index contributed by atoms with van der Waals surface area (Å²) in [6, 6.07) is 10.2. The van der Waals surface area contributed by atoms with Crippen LogP contribution in [0, 0.1) is 23.7 Å². The lowest BCUT2D eigenvalue weighted by atomic mass is 9.94. The Kier molecular flexibility index (Phi) is 9.84. The van der Waals surface area contributed by atoms with E-state index >= 15 is 4.39 Å². The molecule has 1 N–H and O–H groups in total. The zero-order chi connectivity index (χ0) is 31.4. The Balaban J connectivity index is 1.39. The van der Waals surface area contributed by atoms with E-state index in [1.807, 2.05) is 38.1 Å². The predicted molar refractivity (Wildman–Crippen MR) is 169 cm³/mol. The van der Waals surface area contributed by atoms with Gasteiger partial charge in [-0.3, -0.25) is 9.89 Å². The standard InChI is InChI=1S/C36H42F4N4/c1-5-26-14-17-43(18-15-26)21-28-11-8-27(9-12-28)10-13-29-19-30-25(4)44(22-31(30)32(20-29)36(38,39)40)35(24(2)3)34-33(37)7-6-16-41-23-42-34/h8-9,11-12,19-20,23-24,26,35H,4-7,14-18,21-22H2,1-3H3,(H,41,42). The normalized spacial score (nSPS) is 18.9. The molecule has 1 unspecified atom stereocenters. The van der Waals surface area contributed by atoms with E-state index < -0.39 is 17.8 Å². The van der Waals surface area contributed by atoms with Gasteiger partial charge in [-0.2, -0.15) is 13.2 Å². The van der Waals surface area contributed by atoms with E-state index in [-0.39, 0.29) is 35.8 Å². The second-order valence-corrected chi connectivity index (χ2v) is 12.5. The van der Waals surface area contributed by atoms with Crippen LogP contribution in [0.1, 0.15) is 86.3 Å². The molecule has 5 rings (SSSR count). The van der Waals surface area contributed by atoms with Crippen LogP contribution < -0.4 is 5.32 Å². The lowest BCUT2D eigenvalue weighted by Crippen LogP contribution is -2.41. The topological polar surface area (TPSA) is 30.9 Å². The largest absolute Gasteiger partial charge is 0.416 e. The van der Waals surface area contributed by atoms with Crippen molar-refractivity contribution in [3.8, 4) is 11.8 Å². The third-order valence-corrected chi connectivity index (χ3v) is 9.09. The third-order valence-electron chi connectivity index (χ3n) is 9.09. The minimum absolute atomic E-state index is 0.0211. The smallest absolute Gasteiger partial charge is 0.358 e. The molecule has 0 amide bonds. The lowest BCUT2D eigenvalue weighted by molar-refractivity contribution is -0.138. The number of likely N-dealkylation sites (tertiary alicyclic amines) is 1. The average Bonchev–Trinajstić information content (AvgIpc) is 3.31. The Morgan fingerprint density at radius 1 is 1.07 bits per heavy atom. The van der Waals surface area contributed by atoms with E-state index in [1.165, 1.54) is 31.2 Å². The molecule has 0 radical (unpaired) electrons. The number of rotatable bonds is 6. The Hall–Kier alpha value is -3.57. The molecule has 4 nitrogen and oxygen atoms in total. The molecule has 1 atom stereocenters. The molecule has 234 valence electrons. The zero-order valence-electron chi connectivity index (χ0n) is 25.9. The van der Waals surface area contributed by atoms with Crippen LogP contribution in [0.5, 0.6) is 0 Å². The van der Waals surface area contributed by atoms with Crippen molar-refractivity contribution < 1.29 is 17.6 Å². The van der Waals surface area contributed by atoms with Gasteiger partial charge in [-0.1, -0.05) is 57.7 Å². The fraction of sp³-hybridized carbons (Fsp3) is 0.472. The van der Waals surface area contributed by atoms with Crippen LogP contribution >= 0.6 is 0 Å². The van der Waals surface area contributed by atoms with Crippen LogP contribution in [-0.4, -0.2) is 41.8 Å². The van der Waals surface area contributed by atoms with Gasteiger partial charge in [0, 0.05) is 48.4 Å². The van der Waals surface area contributed by atoms with Crippen LogP contribution in [0.2, 0.25) is 0 Å². The highest BCUT2D eigenvalue weighted by molar-refractivity contribution is 5.73. The Bertz CT molecular complexity index is 1470. The second-order valence-electron chi connectivity index (χ2n) is 12.5. The van der Waals surface area contributed by atoms with Gasteiger partial charge < -0.3 is 10.2 Å². The molecule has 0 spiro atoms. The number of fused-ring (bicyclic) bond motifs is 1. The van der Waals surface area contributed by atoms with Crippen molar-refractivity contribution in [1.82, 2.24) is 15.1 Å². The first-order valence-electron chi connectivity index (χ1n) is 15.7. The van der Waals surface area contributed by atoms with Gasteiger partial charge in [-0.05, 0) is 79.6 Å². The number of nitrogens with zero attached hydrogens (tertiary/aromatic N) is 3. The van der Waals surface area contributed by atoms with E-state index in [2.05, 4.69) is 40.6 Å². The first-order valence-corrected chi connectivity index (χ1v) is 15.7. The van der Waals surface area contributed by atoms with E-state index in [9.17, 15) is 13.2 Å². The van der Waals surface area contributed by atoms with E-state index in [4.69, 9.17) is 0 Å². The summed E-state index contributed by atoms with van der Waals surface area (Å²) in [7, 11) is 0. The summed E-state index contributed by atoms with van der Waals surface area (Å²) in [6.45, 7) is 13.9. The lowest BCUT2D eigenvalue weighted by Gasteiger charge is -2.36. The Morgan fingerprint density at radius 3 is 2.43 bits per heavy atom. The predicted octanol–water partition coefficient (Wildman–Crippen LogP) is 8.13. The first kappa shape index (κ1) is 31.8. The maximum absolute atomic E-state index is 15.3. The highest BCUT2D eigenvalue weighted by Crippen LogP contribution is 2.44. The SMILES string of the molecule is C=C1c2cc(C#Cc3ccc(CN4CCC(CC)CC4)cc3)cc(C(F)(F)F)c2CN1C(C1=C(F)CCCN=CN1)C(C)C. The maximum Gasteiger partial charge on any atom is 0.416 e. The number of hydrogen-bond donors (Lipinski definition) is 1. The minimum Gasteiger partial charge on any atom is -0.358 e. The van der Waals surface area contributed by atoms with Crippen molar-refractivity contribution in [2.75, 3.05) is 19.6 Å². The molecule has 44 heavy (non-hydrogen) atoms. The van der Waals surface area contributed by atoms with Gasteiger partial charge in [0.25, 0.3) is 0 Å².